The number of hydrogen-bond acceptors (Lipinski definition) is 13. The van der Waals surface area contributed by atoms with E-state index in [1.807, 2.05) is 60.7 Å². The number of aliphatic hydroxyl groups is 1. The van der Waals surface area contributed by atoms with E-state index in [9.17, 15) is 14.0 Å². The van der Waals surface area contributed by atoms with Gasteiger partial charge in [0.25, 0.3) is 0 Å². The molecule has 310 valence electrons. The Hall–Kier alpha value is -3.45. The van der Waals surface area contributed by atoms with Gasteiger partial charge >= 0.3 is 12.2 Å². The van der Waals surface area contributed by atoms with E-state index in [4.69, 9.17) is 52.5 Å². The molecule has 0 unspecified atom stereocenters. The number of rotatable bonds is 32. The minimum atomic E-state index is -0.464. The van der Waals surface area contributed by atoms with E-state index in [1.54, 1.807) is 0 Å². The van der Waals surface area contributed by atoms with E-state index in [0.29, 0.717) is 119 Å². The van der Waals surface area contributed by atoms with E-state index < -0.39 is 12.2 Å². The zero-order valence-electron chi connectivity index (χ0n) is 32.1. The van der Waals surface area contributed by atoms with Gasteiger partial charge in [0.2, 0.25) is 0 Å². The summed E-state index contributed by atoms with van der Waals surface area (Å²) in [5, 5.41) is 13.8. The highest BCUT2D eigenvalue weighted by Gasteiger charge is 2.03. The molecule has 0 saturated carbocycles. The maximum atomic E-state index is 11.5. The predicted octanol–water partition coefficient (Wildman–Crippen LogP) is 3.95. The second-order valence-corrected chi connectivity index (χ2v) is 10.6. The molecule has 2 aromatic rings. The fourth-order valence-corrected chi connectivity index (χ4v) is 3.73. The number of benzene rings is 2. The van der Waals surface area contributed by atoms with Crippen LogP contribution in [0.3, 0.4) is 0 Å². The summed E-state index contributed by atoms with van der Waals surface area (Å²) >= 11 is 0. The van der Waals surface area contributed by atoms with Gasteiger partial charge in [0.1, 0.15) is 13.2 Å². The first-order chi connectivity index (χ1) is 26.7. The maximum Gasteiger partial charge on any atom is 0.407 e. The molecule has 0 fully saturated rings. The molecule has 0 aromatic heterocycles. The van der Waals surface area contributed by atoms with Gasteiger partial charge < -0.3 is 63.1 Å². The van der Waals surface area contributed by atoms with Crippen LogP contribution in [0.4, 0.5) is 14.0 Å². The fraction of sp³-hybridized carbons (Fsp3) is 0.632. The molecule has 0 aliphatic carbocycles. The lowest BCUT2D eigenvalue weighted by molar-refractivity contribution is -0.00521. The second-order valence-electron chi connectivity index (χ2n) is 10.6. The average Bonchev–Trinajstić information content (AvgIpc) is 3.21. The lowest BCUT2D eigenvalue weighted by Gasteiger charge is -2.08. The lowest BCUT2D eigenvalue weighted by Crippen LogP contribution is -2.28. The van der Waals surface area contributed by atoms with Crippen molar-refractivity contribution >= 4 is 12.2 Å². The highest BCUT2D eigenvalue weighted by molar-refractivity contribution is 5.67. The molecule has 3 N–H and O–H groups in total. The Labute approximate surface area is 320 Å². The van der Waals surface area contributed by atoms with Gasteiger partial charge in [-0.3, -0.25) is 4.39 Å². The van der Waals surface area contributed by atoms with Crippen LogP contribution in [0.5, 0.6) is 0 Å². The van der Waals surface area contributed by atoms with Gasteiger partial charge in [-0.25, -0.2) is 9.59 Å². The largest absolute Gasteiger partial charge is 0.445 e. The summed E-state index contributed by atoms with van der Waals surface area (Å²) in [6, 6.07) is 19.0. The van der Waals surface area contributed by atoms with Gasteiger partial charge in [-0.2, -0.15) is 0 Å². The molecule has 54 heavy (non-hydrogen) atoms. The van der Waals surface area contributed by atoms with Gasteiger partial charge in [0, 0.05) is 19.7 Å². The van der Waals surface area contributed by atoms with E-state index >= 15 is 0 Å². The molecule has 0 bridgehead atoms. The van der Waals surface area contributed by atoms with Crippen molar-refractivity contribution in [3.05, 3.63) is 71.8 Å². The number of nitrogens with one attached hydrogen (secondary N) is 2. The van der Waals surface area contributed by atoms with Gasteiger partial charge in [0.05, 0.1) is 113 Å². The molecule has 2 rings (SSSR count). The van der Waals surface area contributed by atoms with Crippen LogP contribution in [0.15, 0.2) is 60.7 Å². The Bertz CT molecular complexity index is 979. The minimum absolute atomic E-state index is 0.0213. The summed E-state index contributed by atoms with van der Waals surface area (Å²) in [4.78, 5) is 23.0. The molecule has 2 aromatic carbocycles. The molecule has 2 amide bonds. The number of amides is 2. The third-order valence-corrected chi connectivity index (χ3v) is 6.27. The number of halogens is 1. The SMILES string of the molecule is CCCOCCOCCOCCOCCNC(=O)OCc1ccccc1.CF.O=C(NCCOCCOCCOCCOCCO)OCc1ccccc1. The molecule has 16 heteroatoms. The van der Waals surface area contributed by atoms with Gasteiger partial charge in [0.15, 0.2) is 0 Å². The average molecular weight is 775 g/mol. The van der Waals surface area contributed by atoms with Crippen LogP contribution in [0, 0.1) is 0 Å². The predicted molar refractivity (Wildman–Crippen MR) is 200 cm³/mol. The van der Waals surface area contributed by atoms with Crippen LogP contribution in [0.25, 0.3) is 0 Å². The first-order valence-electron chi connectivity index (χ1n) is 18.1. The van der Waals surface area contributed by atoms with Crippen molar-refractivity contribution in [2.24, 2.45) is 0 Å². The third kappa shape index (κ3) is 36.9. The molecule has 0 spiro atoms. The third-order valence-electron chi connectivity index (χ3n) is 6.27. The van der Waals surface area contributed by atoms with Crippen LogP contribution in [0.1, 0.15) is 24.5 Å². The molecule has 0 aliphatic heterocycles. The van der Waals surface area contributed by atoms with Gasteiger partial charge in [-0.15, -0.1) is 0 Å². The number of alkyl carbamates (subject to hydrolysis) is 2. The topological polar surface area (TPSA) is 171 Å². The van der Waals surface area contributed by atoms with Crippen molar-refractivity contribution in [3.63, 3.8) is 0 Å². The number of aliphatic hydroxyl groups excluding tert-OH is 1. The smallest absolute Gasteiger partial charge is 0.407 e. The number of hydrogen-bond donors (Lipinski definition) is 3. The Morgan fingerprint density at radius 3 is 1.09 bits per heavy atom. The van der Waals surface area contributed by atoms with E-state index in [2.05, 4.69) is 17.6 Å². The molecule has 0 aliphatic rings. The number of alkyl halides is 1. The molecule has 0 heterocycles. The molecule has 0 radical (unpaired) electrons. The fourth-order valence-electron chi connectivity index (χ4n) is 3.73. The molecule has 15 nitrogen and oxygen atoms in total. The number of carbonyl (C=O) groups is 2. The Morgan fingerprint density at radius 1 is 0.481 bits per heavy atom. The van der Waals surface area contributed by atoms with Gasteiger partial charge in [-0.1, -0.05) is 67.6 Å². The number of carbonyl (C=O) groups excluding carboxylic acids is 2. The normalized spacial score (nSPS) is 10.4. The van der Waals surface area contributed by atoms with Crippen LogP contribution in [-0.4, -0.2) is 150 Å². The van der Waals surface area contributed by atoms with Crippen LogP contribution >= 0.6 is 0 Å². The first kappa shape index (κ1) is 50.5. The Kier molecular flexibility index (Phi) is 39.6. The summed E-state index contributed by atoms with van der Waals surface area (Å²) in [6.45, 7) is 11.3. The molecule has 0 saturated heterocycles. The minimum Gasteiger partial charge on any atom is -0.445 e. The molecule has 0 atom stereocenters. The van der Waals surface area contributed by atoms with Crippen molar-refractivity contribution in [2.45, 2.75) is 26.6 Å². The van der Waals surface area contributed by atoms with Crippen molar-refractivity contribution in [1.82, 2.24) is 10.6 Å². The van der Waals surface area contributed by atoms with Crippen molar-refractivity contribution in [1.29, 1.82) is 0 Å². The standard InChI is InChI=1S/C19H31NO6.C18H29NO7.CH3F/c1-2-9-22-11-13-24-15-16-25-14-12-23-10-8-20-19(21)26-17-18-6-4-3-5-7-18;20-7-9-23-11-13-25-15-14-24-12-10-22-8-6-19-18(21)26-16-17-4-2-1-3-5-17;1-2/h3-7H,2,8-17H2,1H3,(H,20,21);1-5,20H,6-16H2,(H,19,21);1H3. The van der Waals surface area contributed by atoms with Crippen molar-refractivity contribution in [2.75, 3.05) is 133 Å². The van der Waals surface area contributed by atoms with Gasteiger partial charge in [-0.05, 0) is 17.5 Å². The summed E-state index contributed by atoms with van der Waals surface area (Å²) in [6.07, 6.45) is 0.107. The summed E-state index contributed by atoms with van der Waals surface area (Å²) in [7, 11) is 0.500. The summed E-state index contributed by atoms with van der Waals surface area (Å²) < 4.78 is 62.0. The maximum absolute atomic E-state index is 11.5. The monoisotopic (exact) mass is 774 g/mol. The second kappa shape index (κ2) is 42.3. The molecular formula is C38H63FN2O13. The van der Waals surface area contributed by atoms with Crippen LogP contribution < -0.4 is 10.6 Å². The number of ether oxygens (including phenoxy) is 10. The van der Waals surface area contributed by atoms with E-state index in [0.717, 1.165) is 24.2 Å². The quantitative estimate of drug-likeness (QED) is 0.0915. The van der Waals surface area contributed by atoms with Crippen LogP contribution in [0.2, 0.25) is 0 Å². The highest BCUT2D eigenvalue weighted by atomic mass is 19.1. The summed E-state index contributed by atoms with van der Waals surface area (Å²) in [5.41, 5.74) is 1.89. The van der Waals surface area contributed by atoms with E-state index in [1.165, 1.54) is 0 Å². The Balaban J connectivity index is 0.000000994. The van der Waals surface area contributed by atoms with Crippen molar-refractivity contribution in [3.8, 4) is 0 Å². The summed E-state index contributed by atoms with van der Waals surface area (Å²) in [5.74, 6) is 0. The highest BCUT2D eigenvalue weighted by Crippen LogP contribution is 2.01. The van der Waals surface area contributed by atoms with E-state index in [-0.39, 0.29) is 19.8 Å². The molecular weight excluding hydrogens is 711 g/mol. The zero-order valence-corrected chi connectivity index (χ0v) is 32.1. The lowest BCUT2D eigenvalue weighted by atomic mass is 10.2. The first-order valence-corrected chi connectivity index (χ1v) is 18.1. The van der Waals surface area contributed by atoms with Crippen molar-refractivity contribution < 1.29 is 66.5 Å². The van der Waals surface area contributed by atoms with Crippen LogP contribution in [-0.2, 0) is 60.6 Å². The Morgan fingerprint density at radius 2 is 0.778 bits per heavy atom. The zero-order chi connectivity index (χ0) is 39.4.